The molecule has 1 aliphatic heterocycles. The highest BCUT2D eigenvalue weighted by Gasteiger charge is 2.31. The lowest BCUT2D eigenvalue weighted by molar-refractivity contribution is 0.0619. The summed E-state index contributed by atoms with van der Waals surface area (Å²) in [6.07, 6.45) is 2.36. The van der Waals surface area contributed by atoms with Gasteiger partial charge in [0.2, 0.25) is 0 Å². The van der Waals surface area contributed by atoms with Crippen LogP contribution in [-0.2, 0) is 6.54 Å². The topological polar surface area (TPSA) is 41.4 Å². The minimum atomic E-state index is 0.0915. The van der Waals surface area contributed by atoms with Gasteiger partial charge in [0, 0.05) is 38.6 Å². The molecular weight excluding hydrogens is 372 g/mol. The van der Waals surface area contributed by atoms with Crippen molar-refractivity contribution >= 4 is 5.91 Å². The van der Waals surface area contributed by atoms with Crippen LogP contribution < -0.4 is 0 Å². The highest BCUT2D eigenvalue weighted by atomic mass is 16.2. The molecule has 1 saturated carbocycles. The lowest BCUT2D eigenvalue weighted by atomic mass is 10.1. The van der Waals surface area contributed by atoms with Gasteiger partial charge in [-0.05, 0) is 49.1 Å². The number of para-hydroxylation sites is 1. The van der Waals surface area contributed by atoms with Crippen molar-refractivity contribution in [1.29, 1.82) is 0 Å². The molecule has 5 heteroatoms. The zero-order valence-corrected chi connectivity index (χ0v) is 17.5. The summed E-state index contributed by atoms with van der Waals surface area (Å²) >= 11 is 0. The van der Waals surface area contributed by atoms with E-state index in [2.05, 4.69) is 36.1 Å². The van der Waals surface area contributed by atoms with Gasteiger partial charge >= 0.3 is 0 Å². The Morgan fingerprint density at radius 3 is 2.37 bits per heavy atom. The van der Waals surface area contributed by atoms with Crippen molar-refractivity contribution in [1.82, 2.24) is 19.6 Å². The van der Waals surface area contributed by atoms with Crippen molar-refractivity contribution in [3.63, 3.8) is 0 Å². The molecule has 2 heterocycles. The number of carbonyl (C=O) groups is 1. The number of benzene rings is 2. The quantitative estimate of drug-likeness (QED) is 0.650. The molecule has 3 aromatic rings. The van der Waals surface area contributed by atoms with Crippen molar-refractivity contribution in [3.05, 3.63) is 83.2 Å². The van der Waals surface area contributed by atoms with Crippen LogP contribution in [-0.4, -0.2) is 51.7 Å². The molecule has 2 aliphatic rings. The van der Waals surface area contributed by atoms with Crippen LogP contribution in [0, 0.1) is 6.92 Å². The zero-order valence-electron chi connectivity index (χ0n) is 17.5. The third-order valence-corrected chi connectivity index (χ3v) is 6.26. The Morgan fingerprint density at radius 1 is 0.967 bits per heavy atom. The smallest absolute Gasteiger partial charge is 0.272 e. The summed E-state index contributed by atoms with van der Waals surface area (Å²) in [5, 5.41) is 4.80. The van der Waals surface area contributed by atoms with E-state index in [-0.39, 0.29) is 5.91 Å². The fourth-order valence-corrected chi connectivity index (χ4v) is 4.20. The summed E-state index contributed by atoms with van der Waals surface area (Å²) in [4.78, 5) is 17.8. The number of amides is 1. The number of hydrogen-bond acceptors (Lipinski definition) is 3. The molecule has 2 fully saturated rings. The maximum absolute atomic E-state index is 13.4. The van der Waals surface area contributed by atoms with Crippen LogP contribution in [0.5, 0.6) is 0 Å². The lowest BCUT2D eigenvalue weighted by Gasteiger charge is -2.35. The second-order valence-electron chi connectivity index (χ2n) is 8.47. The number of nitrogens with zero attached hydrogens (tertiary/aromatic N) is 4. The van der Waals surface area contributed by atoms with Gasteiger partial charge in [0.1, 0.15) is 5.69 Å². The van der Waals surface area contributed by atoms with E-state index >= 15 is 0 Å². The number of aromatic nitrogens is 2. The molecule has 1 saturated heterocycles. The molecule has 0 radical (unpaired) electrons. The monoisotopic (exact) mass is 400 g/mol. The van der Waals surface area contributed by atoms with Crippen molar-refractivity contribution in [3.8, 4) is 5.69 Å². The van der Waals surface area contributed by atoms with Crippen LogP contribution in [0.4, 0.5) is 0 Å². The lowest BCUT2D eigenvalue weighted by Crippen LogP contribution is -2.48. The van der Waals surface area contributed by atoms with E-state index in [9.17, 15) is 4.79 Å². The predicted octanol–water partition coefficient (Wildman–Crippen LogP) is 4.02. The zero-order chi connectivity index (χ0) is 20.5. The fraction of sp³-hybridized carbons (Fsp3) is 0.360. The van der Waals surface area contributed by atoms with Gasteiger partial charge in [0.15, 0.2) is 0 Å². The molecule has 0 spiro atoms. The van der Waals surface area contributed by atoms with Gasteiger partial charge in [0.25, 0.3) is 5.91 Å². The highest BCUT2D eigenvalue weighted by molar-refractivity contribution is 5.93. The van der Waals surface area contributed by atoms with E-state index in [4.69, 9.17) is 5.10 Å². The standard InChI is InChI=1S/C25H28N4O/c1-19-7-5-6-8-21(19)18-27-13-15-28(16-14-27)25(30)24-17-23(20-11-12-20)26-29(24)22-9-3-2-4-10-22/h2-10,17,20H,11-16,18H2,1H3. The Labute approximate surface area is 177 Å². The Balaban J connectivity index is 1.30. The van der Waals surface area contributed by atoms with Crippen LogP contribution in [0.2, 0.25) is 0 Å². The highest BCUT2D eigenvalue weighted by Crippen LogP contribution is 2.40. The van der Waals surface area contributed by atoms with Crippen LogP contribution >= 0.6 is 0 Å². The first-order chi connectivity index (χ1) is 14.7. The summed E-state index contributed by atoms with van der Waals surface area (Å²) in [5.41, 5.74) is 5.39. The minimum Gasteiger partial charge on any atom is -0.335 e. The van der Waals surface area contributed by atoms with Crippen LogP contribution in [0.15, 0.2) is 60.7 Å². The normalized spacial score (nSPS) is 17.3. The molecule has 1 aliphatic carbocycles. The van der Waals surface area contributed by atoms with Crippen molar-refractivity contribution in [2.75, 3.05) is 26.2 Å². The number of piperazine rings is 1. The maximum atomic E-state index is 13.4. The third kappa shape index (κ3) is 3.90. The number of rotatable bonds is 5. The second kappa shape index (κ2) is 8.07. The first kappa shape index (κ1) is 19.1. The molecule has 0 unspecified atom stereocenters. The van der Waals surface area contributed by atoms with Crippen LogP contribution in [0.1, 0.15) is 46.1 Å². The predicted molar refractivity (Wildman–Crippen MR) is 118 cm³/mol. The molecule has 5 nitrogen and oxygen atoms in total. The molecule has 5 rings (SSSR count). The molecule has 0 bridgehead atoms. The third-order valence-electron chi connectivity index (χ3n) is 6.26. The number of aryl methyl sites for hydroxylation is 1. The van der Waals surface area contributed by atoms with Gasteiger partial charge in [-0.3, -0.25) is 9.69 Å². The molecule has 1 aromatic heterocycles. The van der Waals surface area contributed by atoms with Crippen molar-refractivity contribution in [2.45, 2.75) is 32.2 Å². The molecule has 0 N–H and O–H groups in total. The summed E-state index contributed by atoms with van der Waals surface area (Å²) in [6.45, 7) is 6.41. The molecule has 0 atom stereocenters. The Kier molecular flexibility index (Phi) is 5.13. The van der Waals surface area contributed by atoms with E-state index < -0.39 is 0 Å². The minimum absolute atomic E-state index is 0.0915. The van der Waals surface area contributed by atoms with E-state index in [1.165, 1.54) is 24.0 Å². The van der Waals surface area contributed by atoms with Gasteiger partial charge < -0.3 is 4.90 Å². The van der Waals surface area contributed by atoms with Gasteiger partial charge in [0.05, 0.1) is 11.4 Å². The van der Waals surface area contributed by atoms with E-state index in [0.717, 1.165) is 44.1 Å². The number of carbonyl (C=O) groups excluding carboxylic acids is 1. The molecule has 2 aromatic carbocycles. The summed E-state index contributed by atoms with van der Waals surface area (Å²) in [6, 6.07) is 20.6. The molecule has 30 heavy (non-hydrogen) atoms. The second-order valence-corrected chi connectivity index (χ2v) is 8.47. The summed E-state index contributed by atoms with van der Waals surface area (Å²) < 4.78 is 1.84. The Morgan fingerprint density at radius 2 is 1.67 bits per heavy atom. The van der Waals surface area contributed by atoms with Crippen LogP contribution in [0.25, 0.3) is 5.69 Å². The van der Waals surface area contributed by atoms with Gasteiger partial charge in [-0.25, -0.2) is 4.68 Å². The molecule has 1 amide bonds. The molecule has 154 valence electrons. The van der Waals surface area contributed by atoms with Gasteiger partial charge in [-0.2, -0.15) is 5.10 Å². The summed E-state index contributed by atoms with van der Waals surface area (Å²) in [5.74, 6) is 0.612. The largest absolute Gasteiger partial charge is 0.335 e. The van der Waals surface area contributed by atoms with E-state index in [0.29, 0.717) is 11.6 Å². The SMILES string of the molecule is Cc1ccccc1CN1CCN(C(=O)c2cc(C3CC3)nn2-c2ccccc2)CC1. The van der Waals surface area contributed by atoms with Crippen molar-refractivity contribution < 1.29 is 4.79 Å². The first-order valence-electron chi connectivity index (χ1n) is 10.9. The Hall–Kier alpha value is -2.92. The summed E-state index contributed by atoms with van der Waals surface area (Å²) in [7, 11) is 0. The maximum Gasteiger partial charge on any atom is 0.272 e. The number of hydrogen-bond donors (Lipinski definition) is 0. The first-order valence-corrected chi connectivity index (χ1v) is 10.9. The fourth-order valence-electron chi connectivity index (χ4n) is 4.20. The Bertz CT molecular complexity index is 1030. The molecular formula is C25H28N4O. The average molecular weight is 401 g/mol. The van der Waals surface area contributed by atoms with Crippen molar-refractivity contribution in [2.24, 2.45) is 0 Å². The average Bonchev–Trinajstić information content (AvgIpc) is 3.54. The van der Waals surface area contributed by atoms with Gasteiger partial charge in [-0.1, -0.05) is 42.5 Å². The van der Waals surface area contributed by atoms with E-state index in [1.54, 1.807) is 0 Å². The van der Waals surface area contributed by atoms with Gasteiger partial charge in [-0.15, -0.1) is 0 Å². The van der Waals surface area contributed by atoms with E-state index in [1.807, 2.05) is 46.0 Å². The van der Waals surface area contributed by atoms with Crippen LogP contribution in [0.3, 0.4) is 0 Å².